The monoisotopic (exact) mass is 280 g/mol. The predicted octanol–water partition coefficient (Wildman–Crippen LogP) is 2.02. The summed E-state index contributed by atoms with van der Waals surface area (Å²) < 4.78 is 0. The molecule has 2 unspecified atom stereocenters. The van der Waals surface area contributed by atoms with E-state index in [-0.39, 0.29) is 0 Å². The lowest BCUT2D eigenvalue weighted by Crippen LogP contribution is -2.53. The molecule has 4 nitrogen and oxygen atoms in total. The van der Waals surface area contributed by atoms with Crippen molar-refractivity contribution >= 4 is 5.96 Å². The third kappa shape index (κ3) is 4.37. The summed E-state index contributed by atoms with van der Waals surface area (Å²) in [6.45, 7) is 12.7. The highest BCUT2D eigenvalue weighted by atomic mass is 15.4. The number of aliphatic imine (C=N–C) groups is 1. The molecule has 4 heteroatoms. The van der Waals surface area contributed by atoms with Gasteiger partial charge < -0.3 is 10.2 Å². The molecule has 1 aliphatic carbocycles. The van der Waals surface area contributed by atoms with Crippen molar-refractivity contribution in [1.29, 1.82) is 0 Å². The van der Waals surface area contributed by atoms with Gasteiger partial charge in [0.1, 0.15) is 0 Å². The number of piperazine rings is 1. The van der Waals surface area contributed by atoms with E-state index in [2.05, 4.69) is 40.9 Å². The molecule has 0 aromatic carbocycles. The average Bonchev–Trinajstić information content (AvgIpc) is 3.15. The smallest absolute Gasteiger partial charge is 0.193 e. The van der Waals surface area contributed by atoms with Crippen molar-refractivity contribution in [2.75, 3.05) is 39.8 Å². The van der Waals surface area contributed by atoms with E-state index in [9.17, 15) is 0 Å². The number of guanidine groups is 1. The minimum atomic E-state index is 0.683. The van der Waals surface area contributed by atoms with E-state index < -0.39 is 0 Å². The van der Waals surface area contributed by atoms with Crippen LogP contribution in [0.5, 0.6) is 0 Å². The molecule has 1 heterocycles. The van der Waals surface area contributed by atoms with Gasteiger partial charge in [0, 0.05) is 45.8 Å². The molecular weight excluding hydrogens is 248 g/mol. The van der Waals surface area contributed by atoms with Crippen LogP contribution in [0.4, 0.5) is 0 Å². The van der Waals surface area contributed by atoms with E-state index in [1.54, 1.807) is 0 Å². The number of hydrogen-bond acceptors (Lipinski definition) is 2. The molecule has 1 saturated heterocycles. The zero-order valence-corrected chi connectivity index (χ0v) is 13.7. The predicted molar refractivity (Wildman–Crippen MR) is 86.1 cm³/mol. The van der Waals surface area contributed by atoms with Crippen molar-refractivity contribution < 1.29 is 0 Å². The molecule has 0 aromatic heterocycles. The Hall–Kier alpha value is -0.770. The SMILES string of the molecule is CCCC1CC1NC(=NC)N1CCN(CC(C)C)CC1. The summed E-state index contributed by atoms with van der Waals surface area (Å²) in [5, 5.41) is 3.66. The van der Waals surface area contributed by atoms with E-state index in [0.717, 1.165) is 30.9 Å². The second-order valence-electron chi connectivity index (χ2n) is 6.76. The average molecular weight is 280 g/mol. The molecule has 1 aliphatic heterocycles. The van der Waals surface area contributed by atoms with Gasteiger partial charge in [0.05, 0.1) is 0 Å². The van der Waals surface area contributed by atoms with Gasteiger partial charge in [-0.2, -0.15) is 0 Å². The highest BCUT2D eigenvalue weighted by Gasteiger charge is 2.37. The largest absolute Gasteiger partial charge is 0.353 e. The molecule has 2 fully saturated rings. The van der Waals surface area contributed by atoms with E-state index in [1.165, 1.54) is 38.9 Å². The first-order chi connectivity index (χ1) is 9.63. The lowest BCUT2D eigenvalue weighted by Gasteiger charge is -2.37. The molecular formula is C16H32N4. The fourth-order valence-corrected chi connectivity index (χ4v) is 3.24. The van der Waals surface area contributed by atoms with Crippen molar-refractivity contribution in [3.8, 4) is 0 Å². The minimum absolute atomic E-state index is 0.683. The van der Waals surface area contributed by atoms with Crippen LogP contribution in [0.3, 0.4) is 0 Å². The summed E-state index contributed by atoms with van der Waals surface area (Å²) in [5.41, 5.74) is 0. The summed E-state index contributed by atoms with van der Waals surface area (Å²) in [6, 6.07) is 0.683. The molecule has 1 saturated carbocycles. The Morgan fingerprint density at radius 1 is 1.25 bits per heavy atom. The first kappa shape index (κ1) is 15.6. The van der Waals surface area contributed by atoms with E-state index in [0.29, 0.717) is 6.04 Å². The van der Waals surface area contributed by atoms with Crippen LogP contribution in [0.1, 0.15) is 40.0 Å². The summed E-state index contributed by atoms with van der Waals surface area (Å²) >= 11 is 0. The van der Waals surface area contributed by atoms with Gasteiger partial charge >= 0.3 is 0 Å². The molecule has 2 rings (SSSR count). The topological polar surface area (TPSA) is 30.9 Å². The van der Waals surface area contributed by atoms with E-state index >= 15 is 0 Å². The molecule has 2 aliphatic rings. The number of rotatable bonds is 5. The van der Waals surface area contributed by atoms with Crippen LogP contribution in [0.2, 0.25) is 0 Å². The van der Waals surface area contributed by atoms with Gasteiger partial charge in [-0.15, -0.1) is 0 Å². The Labute approximate surface area is 124 Å². The standard InChI is InChI=1S/C16H32N4/c1-5-6-14-11-15(14)18-16(17-4)20-9-7-19(8-10-20)12-13(2)3/h13-15H,5-12H2,1-4H3,(H,17,18). The summed E-state index contributed by atoms with van der Waals surface area (Å²) in [7, 11) is 1.92. The van der Waals surface area contributed by atoms with Gasteiger partial charge in [0.25, 0.3) is 0 Å². The fourth-order valence-electron chi connectivity index (χ4n) is 3.24. The van der Waals surface area contributed by atoms with Crippen molar-refractivity contribution in [2.24, 2.45) is 16.8 Å². The number of hydrogen-bond donors (Lipinski definition) is 1. The van der Waals surface area contributed by atoms with Crippen molar-refractivity contribution in [3.63, 3.8) is 0 Å². The first-order valence-corrected chi connectivity index (χ1v) is 8.34. The number of nitrogens with one attached hydrogen (secondary N) is 1. The zero-order chi connectivity index (χ0) is 14.5. The van der Waals surface area contributed by atoms with Gasteiger partial charge in [-0.3, -0.25) is 9.89 Å². The molecule has 2 atom stereocenters. The van der Waals surface area contributed by atoms with Gasteiger partial charge in [-0.25, -0.2) is 0 Å². The second kappa shape index (κ2) is 7.30. The molecule has 0 amide bonds. The van der Waals surface area contributed by atoms with Crippen LogP contribution in [-0.4, -0.2) is 61.6 Å². The van der Waals surface area contributed by atoms with E-state index in [4.69, 9.17) is 0 Å². The van der Waals surface area contributed by atoms with Gasteiger partial charge in [0.15, 0.2) is 5.96 Å². The quantitative estimate of drug-likeness (QED) is 0.617. The highest BCUT2D eigenvalue weighted by Crippen LogP contribution is 2.34. The molecule has 1 N–H and O–H groups in total. The van der Waals surface area contributed by atoms with Gasteiger partial charge in [-0.1, -0.05) is 27.2 Å². The van der Waals surface area contributed by atoms with Crippen molar-refractivity contribution in [1.82, 2.24) is 15.1 Å². The number of nitrogens with zero attached hydrogens (tertiary/aromatic N) is 3. The molecule has 20 heavy (non-hydrogen) atoms. The maximum absolute atomic E-state index is 4.49. The zero-order valence-electron chi connectivity index (χ0n) is 13.7. The second-order valence-corrected chi connectivity index (χ2v) is 6.76. The summed E-state index contributed by atoms with van der Waals surface area (Å²) in [4.78, 5) is 9.49. The Kier molecular flexibility index (Phi) is 5.70. The third-order valence-corrected chi connectivity index (χ3v) is 4.40. The maximum Gasteiger partial charge on any atom is 0.193 e. The summed E-state index contributed by atoms with van der Waals surface area (Å²) in [5.74, 6) is 2.78. The summed E-state index contributed by atoms with van der Waals surface area (Å²) in [6.07, 6.45) is 3.99. The molecule has 0 radical (unpaired) electrons. The van der Waals surface area contributed by atoms with E-state index in [1.807, 2.05) is 7.05 Å². The lowest BCUT2D eigenvalue weighted by atomic mass is 10.2. The molecule has 0 spiro atoms. The Morgan fingerprint density at radius 3 is 2.50 bits per heavy atom. The highest BCUT2D eigenvalue weighted by molar-refractivity contribution is 5.80. The van der Waals surface area contributed by atoms with Crippen LogP contribution >= 0.6 is 0 Å². The normalized spacial score (nSPS) is 28.1. The molecule has 0 bridgehead atoms. The Bertz CT molecular complexity index is 318. The van der Waals surface area contributed by atoms with Crippen molar-refractivity contribution in [3.05, 3.63) is 0 Å². The Morgan fingerprint density at radius 2 is 1.95 bits per heavy atom. The lowest BCUT2D eigenvalue weighted by molar-refractivity contribution is 0.164. The van der Waals surface area contributed by atoms with Crippen LogP contribution in [0.15, 0.2) is 4.99 Å². The Balaban J connectivity index is 1.74. The van der Waals surface area contributed by atoms with Gasteiger partial charge in [0.2, 0.25) is 0 Å². The van der Waals surface area contributed by atoms with Gasteiger partial charge in [-0.05, 0) is 24.7 Å². The third-order valence-electron chi connectivity index (χ3n) is 4.40. The van der Waals surface area contributed by atoms with Crippen molar-refractivity contribution in [2.45, 2.75) is 46.1 Å². The first-order valence-electron chi connectivity index (χ1n) is 8.34. The maximum atomic E-state index is 4.49. The van der Waals surface area contributed by atoms with Crippen LogP contribution < -0.4 is 5.32 Å². The van der Waals surface area contributed by atoms with Crippen LogP contribution in [-0.2, 0) is 0 Å². The van der Waals surface area contributed by atoms with Crippen LogP contribution in [0.25, 0.3) is 0 Å². The minimum Gasteiger partial charge on any atom is -0.353 e. The molecule has 0 aromatic rings. The molecule has 116 valence electrons. The fraction of sp³-hybridized carbons (Fsp3) is 0.938. The van der Waals surface area contributed by atoms with Crippen LogP contribution in [0, 0.1) is 11.8 Å².